The zero-order chi connectivity index (χ0) is 51.9. The average Bonchev–Trinajstić information content (AvgIpc) is 3.64. The molecular formula is C49H64N6O16. The molecule has 0 saturated carbocycles. The van der Waals surface area contributed by atoms with Gasteiger partial charge < -0.3 is 65.5 Å². The number of carbonyl (C=O) groups is 7. The monoisotopic (exact) mass is 992 g/mol. The minimum Gasteiger partial charge on any atom is -0.467 e. The Labute approximate surface area is 410 Å². The third-order valence-corrected chi connectivity index (χ3v) is 11.7. The van der Waals surface area contributed by atoms with Gasteiger partial charge in [0.05, 0.1) is 25.4 Å². The minimum atomic E-state index is -1.90. The van der Waals surface area contributed by atoms with E-state index < -0.39 is 90.9 Å². The summed E-state index contributed by atoms with van der Waals surface area (Å²) in [6.07, 6.45) is -10.1. The summed E-state index contributed by atoms with van der Waals surface area (Å²) in [5.41, 5.74) is 15.8. The molecule has 71 heavy (non-hydrogen) atoms. The van der Waals surface area contributed by atoms with Crippen molar-refractivity contribution in [2.45, 2.75) is 115 Å². The number of nitrogens with zero attached hydrogens (tertiary/aromatic N) is 1. The van der Waals surface area contributed by atoms with Crippen LogP contribution in [0.3, 0.4) is 0 Å². The molecule has 1 saturated heterocycles. The van der Waals surface area contributed by atoms with Gasteiger partial charge in [-0.3, -0.25) is 34.2 Å². The van der Waals surface area contributed by atoms with Gasteiger partial charge in [0, 0.05) is 39.8 Å². The van der Waals surface area contributed by atoms with Crippen LogP contribution in [0, 0.1) is 5.92 Å². The highest BCUT2D eigenvalue weighted by atomic mass is 16.7. The van der Waals surface area contributed by atoms with E-state index in [1.54, 1.807) is 13.8 Å². The predicted octanol–water partition coefficient (Wildman–Crippen LogP) is 1.90. The number of unbranched alkanes of at least 4 members (excludes halogenated alkanes) is 1. The molecule has 2 aliphatic rings. The summed E-state index contributed by atoms with van der Waals surface area (Å²) in [5.74, 6) is -5.46. The number of methoxy groups -OCH3 is 1. The molecule has 4 amide bonds. The fourth-order valence-corrected chi connectivity index (χ4v) is 8.46. The van der Waals surface area contributed by atoms with Crippen LogP contribution in [0.2, 0.25) is 0 Å². The first-order valence-corrected chi connectivity index (χ1v) is 23.1. The maximum Gasteiger partial charge on any atom is 0.410 e. The number of likely N-dealkylation sites (N-methyl/N-ethyl adjacent to an activating group) is 1. The smallest absolute Gasteiger partial charge is 0.410 e. The molecule has 0 radical (unpaired) electrons. The Balaban J connectivity index is 1.30. The van der Waals surface area contributed by atoms with E-state index in [2.05, 4.69) is 16.0 Å². The SMILES string of the molecule is COC(=O)[C@H]1O[C@@H](Oc2ccc(COC(=O)N(C)[C@H](C(N)=O)C(C)C)cc2NC(=O)CCNC(=O)[C@H](CCCCN)NC(O)OCC2c3ccccc3-c3ccccc32)[C@H](O)[C@@H](OC(C)=O)[C@@H]1OC(C)=O. The lowest BCUT2D eigenvalue weighted by atomic mass is 9.98. The lowest BCUT2D eigenvalue weighted by molar-refractivity contribution is -0.278. The van der Waals surface area contributed by atoms with Gasteiger partial charge in [-0.15, -0.1) is 0 Å². The van der Waals surface area contributed by atoms with Gasteiger partial charge in [0.15, 0.2) is 24.4 Å². The number of nitrogens with one attached hydrogen (secondary N) is 3. The number of rotatable bonds is 24. The van der Waals surface area contributed by atoms with Crippen molar-refractivity contribution in [3.8, 4) is 16.9 Å². The van der Waals surface area contributed by atoms with Crippen LogP contribution in [0.15, 0.2) is 66.7 Å². The van der Waals surface area contributed by atoms with E-state index in [1.807, 2.05) is 48.5 Å². The van der Waals surface area contributed by atoms with Gasteiger partial charge in [0.25, 0.3) is 0 Å². The van der Waals surface area contributed by atoms with Crippen molar-refractivity contribution in [3.63, 3.8) is 0 Å². The molecule has 1 aliphatic heterocycles. The maximum atomic E-state index is 13.6. The number of ether oxygens (including phenoxy) is 7. The van der Waals surface area contributed by atoms with Crippen LogP contribution in [0.5, 0.6) is 5.75 Å². The van der Waals surface area contributed by atoms with Crippen molar-refractivity contribution < 1.29 is 76.9 Å². The van der Waals surface area contributed by atoms with Gasteiger partial charge in [-0.25, -0.2) is 9.59 Å². The van der Waals surface area contributed by atoms with Crippen molar-refractivity contribution >= 4 is 47.4 Å². The fourth-order valence-electron chi connectivity index (χ4n) is 8.46. The molecule has 0 aromatic heterocycles. The van der Waals surface area contributed by atoms with Crippen LogP contribution in [-0.2, 0) is 63.8 Å². The summed E-state index contributed by atoms with van der Waals surface area (Å²) in [5, 5.41) is 30.7. The van der Waals surface area contributed by atoms with E-state index in [0.29, 0.717) is 24.9 Å². The molecule has 0 bridgehead atoms. The number of hydrogen-bond donors (Lipinski definition) is 7. The van der Waals surface area contributed by atoms with Crippen molar-refractivity contribution in [2.24, 2.45) is 17.4 Å². The highest BCUT2D eigenvalue weighted by molar-refractivity contribution is 5.93. The van der Waals surface area contributed by atoms with Crippen LogP contribution in [0.1, 0.15) is 76.0 Å². The molecule has 9 N–H and O–H groups in total. The van der Waals surface area contributed by atoms with E-state index in [-0.39, 0.29) is 55.9 Å². The Hall–Kier alpha value is -6.69. The quantitative estimate of drug-likeness (QED) is 0.0292. The molecule has 8 atom stereocenters. The lowest BCUT2D eigenvalue weighted by Gasteiger charge is -2.41. The third-order valence-electron chi connectivity index (χ3n) is 11.7. The van der Waals surface area contributed by atoms with E-state index in [1.165, 1.54) is 25.2 Å². The number of benzene rings is 3. The van der Waals surface area contributed by atoms with Crippen LogP contribution in [0.4, 0.5) is 10.5 Å². The molecule has 3 aromatic rings. The number of hydrogen-bond acceptors (Lipinski definition) is 18. The normalized spacial score (nSPS) is 19.5. The number of nitrogens with two attached hydrogens (primary N) is 2. The number of esters is 3. The summed E-state index contributed by atoms with van der Waals surface area (Å²) < 4.78 is 38.5. The van der Waals surface area contributed by atoms with Gasteiger partial charge >= 0.3 is 24.0 Å². The Morgan fingerprint density at radius 3 is 2.11 bits per heavy atom. The summed E-state index contributed by atoms with van der Waals surface area (Å²) in [6.45, 7) is 5.41. The van der Waals surface area contributed by atoms with Crippen LogP contribution < -0.4 is 32.2 Å². The molecule has 0 spiro atoms. The molecule has 386 valence electrons. The first kappa shape index (κ1) is 55.2. The molecular weight excluding hydrogens is 929 g/mol. The Kier molecular flexibility index (Phi) is 20.2. The Morgan fingerprint density at radius 2 is 1.52 bits per heavy atom. The highest BCUT2D eigenvalue weighted by Crippen LogP contribution is 2.44. The van der Waals surface area contributed by atoms with E-state index >= 15 is 0 Å². The second kappa shape index (κ2) is 26.0. The first-order chi connectivity index (χ1) is 33.8. The summed E-state index contributed by atoms with van der Waals surface area (Å²) in [7, 11) is 2.39. The number of primary amides is 1. The van der Waals surface area contributed by atoms with Crippen molar-refractivity contribution in [3.05, 3.63) is 83.4 Å². The van der Waals surface area contributed by atoms with Crippen molar-refractivity contribution in [2.75, 3.05) is 39.2 Å². The minimum absolute atomic E-state index is 0.0777. The van der Waals surface area contributed by atoms with Gasteiger partial charge in [-0.05, 0) is 65.3 Å². The summed E-state index contributed by atoms with van der Waals surface area (Å²) in [4.78, 5) is 90.5. The summed E-state index contributed by atoms with van der Waals surface area (Å²) >= 11 is 0. The largest absolute Gasteiger partial charge is 0.467 e. The molecule has 5 rings (SSSR count). The number of aliphatic hydroxyl groups is 2. The van der Waals surface area contributed by atoms with Crippen LogP contribution in [-0.4, -0.2) is 140 Å². The van der Waals surface area contributed by atoms with E-state index in [0.717, 1.165) is 48.1 Å². The standard InChI is InChI=1S/C49H64N6O16/c1-26(2)39(44(51)60)55(5)49(64)67-24-29-18-19-37(70-47-40(59)41(68-27(3)56)42(69-28(4)57)43(71-47)46(62)65-6)36(23-29)53-38(58)20-22-52-45(61)35(17-11-12-21-50)54-48(63)66-25-34-32-15-9-7-13-30(32)31-14-8-10-16-33(31)34/h7-10,13-16,18-19,23,26,34-35,39-43,47-48,54,59,63H,11-12,17,20-22,24-25,50H2,1-6H3,(H2,51,60)(H,52,61)(H,53,58)/t35-,39-,40+,41+,42-,43-,47+,48?/m0/s1. The van der Waals surface area contributed by atoms with E-state index in [4.69, 9.17) is 44.6 Å². The van der Waals surface area contributed by atoms with Crippen LogP contribution >= 0.6 is 0 Å². The summed E-state index contributed by atoms with van der Waals surface area (Å²) in [6, 6.07) is 18.1. The van der Waals surface area contributed by atoms with Gasteiger partial charge in [-0.1, -0.05) is 74.9 Å². The second-order valence-electron chi connectivity index (χ2n) is 17.3. The molecule has 1 aliphatic carbocycles. The highest BCUT2D eigenvalue weighted by Gasteiger charge is 2.54. The second-order valence-corrected chi connectivity index (χ2v) is 17.3. The molecule has 22 nitrogen and oxygen atoms in total. The van der Waals surface area contributed by atoms with Gasteiger partial charge in [-0.2, -0.15) is 0 Å². The molecule has 1 unspecified atom stereocenters. The molecule has 22 heteroatoms. The number of carbonyl (C=O) groups excluding carboxylic acids is 7. The number of fused-ring (bicyclic) bond motifs is 3. The topological polar surface area (TPSA) is 316 Å². The first-order valence-electron chi connectivity index (χ1n) is 23.1. The van der Waals surface area contributed by atoms with Crippen LogP contribution in [0.25, 0.3) is 11.1 Å². The maximum absolute atomic E-state index is 13.6. The molecule has 1 heterocycles. The Morgan fingerprint density at radius 1 is 0.887 bits per heavy atom. The zero-order valence-electron chi connectivity index (χ0n) is 40.5. The van der Waals surface area contributed by atoms with Gasteiger partial charge in [0.1, 0.15) is 18.4 Å². The van der Waals surface area contributed by atoms with Gasteiger partial charge in [0.2, 0.25) is 30.4 Å². The average molecular weight is 993 g/mol. The third kappa shape index (κ3) is 14.7. The fraction of sp³-hybridized carbons (Fsp3) is 0.490. The predicted molar refractivity (Wildman–Crippen MR) is 252 cm³/mol. The van der Waals surface area contributed by atoms with Crippen molar-refractivity contribution in [1.82, 2.24) is 15.5 Å². The molecule has 3 aromatic carbocycles. The molecule has 1 fully saturated rings. The van der Waals surface area contributed by atoms with E-state index in [9.17, 15) is 43.8 Å². The lowest BCUT2D eigenvalue weighted by Crippen LogP contribution is -2.63. The number of anilines is 1. The number of amides is 4. The van der Waals surface area contributed by atoms with Crippen molar-refractivity contribution in [1.29, 1.82) is 0 Å². The zero-order valence-corrected chi connectivity index (χ0v) is 40.5. The Bertz CT molecular complexity index is 2320. The number of aliphatic hydroxyl groups excluding tert-OH is 2.